The number of nitrogens with zero attached hydrogens (tertiary/aromatic N) is 1. The summed E-state index contributed by atoms with van der Waals surface area (Å²) in [6, 6.07) is 4.40. The molecule has 1 aliphatic rings. The molecule has 1 aliphatic heterocycles. The minimum Gasteiger partial charge on any atom is -0.493 e. The standard InChI is InChI=1S/C14H17NO4/c1-2-6-15(9-16)13(14(17)18)11-3-4-12-10(8-11)5-7-19-12/h3-4,8-9,13H,2,5-7H2,1H3,(H,17,18). The largest absolute Gasteiger partial charge is 0.493 e. The van der Waals surface area contributed by atoms with Gasteiger partial charge in [0.2, 0.25) is 6.41 Å². The summed E-state index contributed by atoms with van der Waals surface area (Å²) in [6.07, 6.45) is 2.10. The van der Waals surface area contributed by atoms with Crippen molar-refractivity contribution in [1.29, 1.82) is 0 Å². The third-order valence-corrected chi connectivity index (χ3v) is 3.21. The molecule has 1 unspecified atom stereocenters. The number of aliphatic carboxylic acids is 1. The van der Waals surface area contributed by atoms with Gasteiger partial charge in [-0.2, -0.15) is 0 Å². The summed E-state index contributed by atoms with van der Waals surface area (Å²) in [5, 5.41) is 9.37. The Bertz CT molecular complexity index is 486. The lowest BCUT2D eigenvalue weighted by Crippen LogP contribution is -2.33. The van der Waals surface area contributed by atoms with Gasteiger partial charge < -0.3 is 14.7 Å². The monoisotopic (exact) mass is 263 g/mol. The van der Waals surface area contributed by atoms with Crippen molar-refractivity contribution in [2.24, 2.45) is 0 Å². The van der Waals surface area contributed by atoms with Gasteiger partial charge in [0.25, 0.3) is 0 Å². The first-order valence-corrected chi connectivity index (χ1v) is 6.36. The molecule has 0 aliphatic carbocycles. The predicted molar refractivity (Wildman–Crippen MR) is 69.1 cm³/mol. The number of carboxylic acid groups (broad SMARTS) is 1. The van der Waals surface area contributed by atoms with E-state index in [0.717, 1.165) is 24.2 Å². The van der Waals surface area contributed by atoms with E-state index < -0.39 is 12.0 Å². The number of carboxylic acids is 1. The molecule has 0 aromatic heterocycles. The lowest BCUT2D eigenvalue weighted by atomic mass is 10.0. The molecule has 0 saturated carbocycles. The lowest BCUT2D eigenvalue weighted by Gasteiger charge is -2.25. The van der Waals surface area contributed by atoms with Crippen LogP contribution in [0.4, 0.5) is 0 Å². The molecule has 1 amide bonds. The van der Waals surface area contributed by atoms with Crippen LogP contribution in [0.3, 0.4) is 0 Å². The van der Waals surface area contributed by atoms with E-state index in [4.69, 9.17) is 4.74 Å². The molecule has 0 spiro atoms. The number of carbonyl (C=O) groups excluding carboxylic acids is 1. The van der Waals surface area contributed by atoms with Gasteiger partial charge in [-0.25, -0.2) is 4.79 Å². The van der Waals surface area contributed by atoms with Gasteiger partial charge >= 0.3 is 5.97 Å². The van der Waals surface area contributed by atoms with Gasteiger partial charge in [0.1, 0.15) is 5.75 Å². The number of hydrogen-bond acceptors (Lipinski definition) is 3. The highest BCUT2D eigenvalue weighted by molar-refractivity contribution is 5.78. The first-order valence-electron chi connectivity index (χ1n) is 6.36. The average Bonchev–Trinajstić information content (AvgIpc) is 2.85. The Balaban J connectivity index is 2.33. The molecular formula is C14H17NO4. The minimum atomic E-state index is -1.01. The van der Waals surface area contributed by atoms with E-state index in [1.165, 1.54) is 4.90 Å². The Kier molecular flexibility index (Phi) is 4.04. The van der Waals surface area contributed by atoms with Crippen LogP contribution >= 0.6 is 0 Å². The highest BCUT2D eigenvalue weighted by atomic mass is 16.5. The average molecular weight is 263 g/mol. The van der Waals surface area contributed by atoms with Gasteiger partial charge in [-0.1, -0.05) is 13.0 Å². The molecule has 5 heteroatoms. The summed E-state index contributed by atoms with van der Waals surface area (Å²) in [4.78, 5) is 23.8. The van der Waals surface area contributed by atoms with Crippen molar-refractivity contribution in [3.05, 3.63) is 29.3 Å². The summed E-state index contributed by atoms with van der Waals surface area (Å²) in [7, 11) is 0. The third-order valence-electron chi connectivity index (χ3n) is 3.21. The number of fused-ring (bicyclic) bond motifs is 1. The van der Waals surface area contributed by atoms with Crippen LogP contribution < -0.4 is 4.74 Å². The van der Waals surface area contributed by atoms with E-state index in [0.29, 0.717) is 25.1 Å². The molecule has 0 fully saturated rings. The maximum atomic E-state index is 11.4. The molecular weight excluding hydrogens is 246 g/mol. The first kappa shape index (κ1) is 13.4. The fraction of sp³-hybridized carbons (Fsp3) is 0.429. The van der Waals surface area contributed by atoms with Crippen molar-refractivity contribution in [2.45, 2.75) is 25.8 Å². The van der Waals surface area contributed by atoms with Gasteiger partial charge in [-0.3, -0.25) is 4.79 Å². The van der Waals surface area contributed by atoms with E-state index in [2.05, 4.69) is 0 Å². The number of hydrogen-bond donors (Lipinski definition) is 1. The Morgan fingerprint density at radius 1 is 1.58 bits per heavy atom. The fourth-order valence-electron chi connectivity index (χ4n) is 2.35. The summed E-state index contributed by atoms with van der Waals surface area (Å²) in [6.45, 7) is 2.96. The van der Waals surface area contributed by atoms with Crippen LogP contribution in [0, 0.1) is 0 Å². The molecule has 1 N–H and O–H groups in total. The van der Waals surface area contributed by atoms with Gasteiger partial charge in [0.05, 0.1) is 6.61 Å². The predicted octanol–water partition coefficient (Wildman–Crippen LogP) is 1.62. The lowest BCUT2D eigenvalue weighted by molar-refractivity contribution is -0.146. The topological polar surface area (TPSA) is 66.8 Å². The van der Waals surface area contributed by atoms with Gasteiger partial charge in [0.15, 0.2) is 6.04 Å². The maximum absolute atomic E-state index is 11.4. The fourth-order valence-corrected chi connectivity index (χ4v) is 2.35. The minimum absolute atomic E-state index is 0.425. The zero-order chi connectivity index (χ0) is 13.8. The Hall–Kier alpha value is -2.04. The van der Waals surface area contributed by atoms with Gasteiger partial charge in [-0.05, 0) is 29.7 Å². The van der Waals surface area contributed by atoms with E-state index in [-0.39, 0.29) is 0 Å². The van der Waals surface area contributed by atoms with Crippen molar-refractivity contribution >= 4 is 12.4 Å². The van der Waals surface area contributed by atoms with Crippen molar-refractivity contribution < 1.29 is 19.4 Å². The van der Waals surface area contributed by atoms with Crippen LogP contribution in [0.1, 0.15) is 30.5 Å². The summed E-state index contributed by atoms with van der Waals surface area (Å²) < 4.78 is 5.40. The second-order valence-corrected chi connectivity index (χ2v) is 4.55. The van der Waals surface area contributed by atoms with E-state index >= 15 is 0 Å². The van der Waals surface area contributed by atoms with Crippen LogP contribution in [0.5, 0.6) is 5.75 Å². The zero-order valence-electron chi connectivity index (χ0n) is 10.8. The van der Waals surface area contributed by atoms with Crippen LogP contribution in [0.2, 0.25) is 0 Å². The molecule has 1 atom stereocenters. The number of benzene rings is 1. The van der Waals surface area contributed by atoms with E-state index in [1.807, 2.05) is 13.0 Å². The zero-order valence-corrected chi connectivity index (χ0v) is 10.8. The molecule has 5 nitrogen and oxygen atoms in total. The van der Waals surface area contributed by atoms with Crippen molar-refractivity contribution in [3.63, 3.8) is 0 Å². The maximum Gasteiger partial charge on any atom is 0.331 e. The molecule has 0 saturated heterocycles. The Labute approximate surface area is 111 Å². The normalized spacial score (nSPS) is 14.4. The second-order valence-electron chi connectivity index (χ2n) is 4.55. The quantitative estimate of drug-likeness (QED) is 0.792. The van der Waals surface area contributed by atoms with Crippen LogP contribution in [0.25, 0.3) is 0 Å². The van der Waals surface area contributed by atoms with Crippen LogP contribution in [-0.2, 0) is 16.0 Å². The summed E-state index contributed by atoms with van der Waals surface area (Å²) in [5.41, 5.74) is 1.63. The molecule has 0 bridgehead atoms. The van der Waals surface area contributed by atoms with E-state index in [1.54, 1.807) is 12.1 Å². The highest BCUT2D eigenvalue weighted by Gasteiger charge is 2.27. The number of carbonyl (C=O) groups is 2. The number of amides is 1. The molecule has 19 heavy (non-hydrogen) atoms. The number of ether oxygens (including phenoxy) is 1. The smallest absolute Gasteiger partial charge is 0.331 e. The third kappa shape index (κ3) is 2.70. The second kappa shape index (κ2) is 5.73. The van der Waals surface area contributed by atoms with Crippen LogP contribution in [0.15, 0.2) is 18.2 Å². The van der Waals surface area contributed by atoms with Crippen molar-refractivity contribution in [1.82, 2.24) is 4.90 Å². The molecule has 1 heterocycles. The molecule has 1 aromatic carbocycles. The highest BCUT2D eigenvalue weighted by Crippen LogP contribution is 2.30. The Morgan fingerprint density at radius 3 is 3.00 bits per heavy atom. The molecule has 2 rings (SSSR count). The Morgan fingerprint density at radius 2 is 2.37 bits per heavy atom. The van der Waals surface area contributed by atoms with Crippen molar-refractivity contribution in [2.75, 3.05) is 13.2 Å². The molecule has 0 radical (unpaired) electrons. The summed E-state index contributed by atoms with van der Waals surface area (Å²) in [5.74, 6) is -0.208. The first-order chi connectivity index (χ1) is 9.17. The van der Waals surface area contributed by atoms with Crippen molar-refractivity contribution in [3.8, 4) is 5.75 Å². The SMILES string of the molecule is CCCN(C=O)C(C(=O)O)c1ccc2c(c1)CCO2. The summed E-state index contributed by atoms with van der Waals surface area (Å²) >= 11 is 0. The van der Waals surface area contributed by atoms with Gasteiger partial charge in [0, 0.05) is 13.0 Å². The van der Waals surface area contributed by atoms with Crippen LogP contribution in [-0.4, -0.2) is 35.5 Å². The van der Waals surface area contributed by atoms with E-state index in [9.17, 15) is 14.7 Å². The van der Waals surface area contributed by atoms with Gasteiger partial charge in [-0.15, -0.1) is 0 Å². The molecule has 1 aromatic rings. The number of rotatable bonds is 6. The molecule has 102 valence electrons.